The number of halogens is 1. The van der Waals surface area contributed by atoms with Gasteiger partial charge in [0.1, 0.15) is 0 Å². The first kappa shape index (κ1) is 17.6. The number of hydrogen-bond acceptors (Lipinski definition) is 3. The molecule has 0 unspecified atom stereocenters. The highest BCUT2D eigenvalue weighted by atomic mass is 79.9. The highest BCUT2D eigenvalue weighted by Crippen LogP contribution is 2.22. The smallest absolute Gasteiger partial charge is 0.273 e. The van der Waals surface area contributed by atoms with Gasteiger partial charge in [-0.2, -0.15) is 0 Å². The predicted molar refractivity (Wildman–Crippen MR) is 87.0 cm³/mol. The zero-order chi connectivity index (χ0) is 16.0. The highest BCUT2D eigenvalue weighted by Gasteiger charge is 2.23. The number of nitrogens with zero attached hydrogens (tertiary/aromatic N) is 2. The molecule has 0 bridgehead atoms. The van der Waals surface area contributed by atoms with Crippen LogP contribution in [0.5, 0.6) is 0 Å². The molecule has 1 rings (SSSR count). The molecule has 21 heavy (non-hydrogen) atoms. The summed E-state index contributed by atoms with van der Waals surface area (Å²) in [5, 5.41) is 11.7. The van der Waals surface area contributed by atoms with Gasteiger partial charge in [0.2, 0.25) is 0 Å². The van der Waals surface area contributed by atoms with Crippen molar-refractivity contribution in [3.05, 3.63) is 39.4 Å². The summed E-state index contributed by atoms with van der Waals surface area (Å²) >= 11 is 3.36. The molecule has 5 nitrogen and oxygen atoms in total. The topological polar surface area (TPSA) is 63.5 Å². The summed E-state index contributed by atoms with van der Waals surface area (Å²) in [6.07, 6.45) is 1.73. The lowest BCUT2D eigenvalue weighted by Gasteiger charge is -2.30. The quantitative estimate of drug-likeness (QED) is 0.422. The Morgan fingerprint density at radius 3 is 2.48 bits per heavy atom. The van der Waals surface area contributed by atoms with Crippen molar-refractivity contribution in [2.75, 3.05) is 11.9 Å². The Morgan fingerprint density at radius 2 is 2.00 bits per heavy atom. The lowest BCUT2D eigenvalue weighted by molar-refractivity contribution is -0.385. The molecule has 0 atom stereocenters. The average Bonchev–Trinajstić information content (AvgIpc) is 2.47. The lowest BCUT2D eigenvalue weighted by atomic mass is 10.1. The molecule has 6 heteroatoms. The fourth-order valence-electron chi connectivity index (χ4n) is 2.38. The second-order valence-corrected chi connectivity index (χ2v) is 5.71. The average molecular weight is 357 g/mol. The third kappa shape index (κ3) is 4.27. The van der Waals surface area contributed by atoms with Crippen molar-refractivity contribution in [2.45, 2.75) is 39.7 Å². The minimum absolute atomic E-state index is 0.0100. The van der Waals surface area contributed by atoms with E-state index < -0.39 is 4.92 Å². The van der Waals surface area contributed by atoms with Crippen LogP contribution in [0, 0.1) is 17.0 Å². The fraction of sp³-hybridized carbons (Fsp3) is 0.533. The van der Waals surface area contributed by atoms with Gasteiger partial charge in [0.15, 0.2) is 0 Å². The second kappa shape index (κ2) is 8.12. The van der Waals surface area contributed by atoms with Crippen molar-refractivity contribution in [1.82, 2.24) is 4.90 Å². The molecule has 0 aliphatic carbocycles. The summed E-state index contributed by atoms with van der Waals surface area (Å²) in [6, 6.07) is 4.82. The van der Waals surface area contributed by atoms with E-state index in [9.17, 15) is 14.9 Å². The van der Waals surface area contributed by atoms with Crippen LogP contribution >= 0.6 is 15.9 Å². The van der Waals surface area contributed by atoms with Crippen molar-refractivity contribution < 1.29 is 9.72 Å². The molecule has 0 radical (unpaired) electrons. The van der Waals surface area contributed by atoms with Crippen LogP contribution in [-0.4, -0.2) is 33.6 Å². The lowest BCUT2D eigenvalue weighted by Crippen LogP contribution is -2.41. The van der Waals surface area contributed by atoms with Crippen molar-refractivity contribution in [2.24, 2.45) is 0 Å². The first-order chi connectivity index (χ1) is 9.96. The van der Waals surface area contributed by atoms with E-state index >= 15 is 0 Å². The first-order valence-corrected chi connectivity index (χ1v) is 8.20. The van der Waals surface area contributed by atoms with E-state index in [4.69, 9.17) is 0 Å². The van der Waals surface area contributed by atoms with Crippen molar-refractivity contribution in [3.63, 3.8) is 0 Å². The van der Waals surface area contributed by atoms with E-state index in [1.54, 1.807) is 24.0 Å². The van der Waals surface area contributed by atoms with Gasteiger partial charge in [-0.15, -0.1) is 0 Å². The molecule has 0 saturated carbocycles. The molecule has 1 amide bonds. The Morgan fingerprint density at radius 1 is 1.38 bits per heavy atom. The maximum atomic E-state index is 12.7. The van der Waals surface area contributed by atoms with Crippen LogP contribution in [0.2, 0.25) is 0 Å². The van der Waals surface area contributed by atoms with Crippen LogP contribution in [0.25, 0.3) is 0 Å². The third-order valence-corrected chi connectivity index (χ3v) is 3.98. The summed E-state index contributed by atoms with van der Waals surface area (Å²) in [5.41, 5.74) is 0.926. The standard InChI is InChI=1S/C15H21BrN2O3/c1-4-13(5-2)17(9-8-16)15(19)12-7-6-11(3)14(10-12)18(20)21/h6-7,10,13H,4-5,8-9H2,1-3H3. The maximum absolute atomic E-state index is 12.7. The third-order valence-electron chi connectivity index (χ3n) is 3.62. The monoisotopic (exact) mass is 356 g/mol. The number of nitro groups is 1. The molecule has 1 aromatic carbocycles. The van der Waals surface area contributed by atoms with E-state index in [2.05, 4.69) is 15.9 Å². The second-order valence-electron chi connectivity index (χ2n) is 4.92. The summed E-state index contributed by atoms with van der Waals surface area (Å²) < 4.78 is 0. The Hall–Kier alpha value is -1.43. The minimum Gasteiger partial charge on any atom is -0.335 e. The predicted octanol–water partition coefficient (Wildman–Crippen LogP) is 3.93. The Balaban J connectivity index is 3.14. The van der Waals surface area contributed by atoms with Gasteiger partial charge in [-0.1, -0.05) is 35.8 Å². The summed E-state index contributed by atoms with van der Waals surface area (Å²) in [7, 11) is 0. The molecule has 116 valence electrons. The maximum Gasteiger partial charge on any atom is 0.273 e. The summed E-state index contributed by atoms with van der Waals surface area (Å²) in [6.45, 7) is 6.34. The van der Waals surface area contributed by atoms with Gasteiger partial charge >= 0.3 is 0 Å². The van der Waals surface area contributed by atoms with Crippen LogP contribution in [-0.2, 0) is 0 Å². The van der Waals surface area contributed by atoms with Gasteiger partial charge in [0.25, 0.3) is 11.6 Å². The van der Waals surface area contributed by atoms with E-state index in [1.807, 2.05) is 13.8 Å². The molecule has 0 fully saturated rings. The largest absolute Gasteiger partial charge is 0.335 e. The number of benzene rings is 1. The van der Waals surface area contributed by atoms with Gasteiger partial charge in [-0.3, -0.25) is 14.9 Å². The Kier molecular flexibility index (Phi) is 6.81. The highest BCUT2D eigenvalue weighted by molar-refractivity contribution is 9.09. The molecule has 0 spiro atoms. The summed E-state index contributed by atoms with van der Waals surface area (Å²) in [5.74, 6) is -0.147. The van der Waals surface area contributed by atoms with Gasteiger partial charge in [0.05, 0.1) is 4.92 Å². The van der Waals surface area contributed by atoms with E-state index in [1.165, 1.54) is 6.07 Å². The SMILES string of the molecule is CCC(CC)N(CCBr)C(=O)c1ccc(C)c([N+](=O)[O-])c1. The fourth-order valence-corrected chi connectivity index (χ4v) is 2.76. The number of amides is 1. The zero-order valence-corrected chi connectivity index (χ0v) is 14.2. The van der Waals surface area contributed by atoms with Crippen LogP contribution in [0.15, 0.2) is 18.2 Å². The molecular formula is C15H21BrN2O3. The Labute approximate surface area is 133 Å². The number of hydrogen-bond donors (Lipinski definition) is 0. The first-order valence-electron chi connectivity index (χ1n) is 7.08. The van der Waals surface area contributed by atoms with Crippen LogP contribution in [0.3, 0.4) is 0 Å². The number of rotatable bonds is 7. The van der Waals surface area contributed by atoms with Crippen LogP contribution < -0.4 is 0 Å². The Bertz CT molecular complexity index is 516. The van der Waals surface area contributed by atoms with Crippen LogP contribution in [0.4, 0.5) is 5.69 Å². The van der Waals surface area contributed by atoms with E-state index in [0.717, 1.165) is 12.8 Å². The molecule has 1 aromatic rings. The molecule has 0 aliphatic heterocycles. The van der Waals surface area contributed by atoms with Crippen molar-refractivity contribution in [3.8, 4) is 0 Å². The van der Waals surface area contributed by atoms with E-state index in [-0.39, 0.29) is 17.6 Å². The number of alkyl halides is 1. The summed E-state index contributed by atoms with van der Waals surface area (Å²) in [4.78, 5) is 25.0. The van der Waals surface area contributed by atoms with Crippen molar-refractivity contribution in [1.29, 1.82) is 0 Å². The van der Waals surface area contributed by atoms with E-state index in [0.29, 0.717) is 23.0 Å². The number of aryl methyl sites for hydroxylation is 1. The molecule has 0 heterocycles. The van der Waals surface area contributed by atoms with Gasteiger partial charge in [0, 0.05) is 35.1 Å². The van der Waals surface area contributed by atoms with Gasteiger partial charge in [-0.25, -0.2) is 0 Å². The van der Waals surface area contributed by atoms with Gasteiger partial charge in [-0.05, 0) is 25.8 Å². The minimum atomic E-state index is -0.446. The molecular weight excluding hydrogens is 336 g/mol. The molecule has 0 aromatic heterocycles. The number of carbonyl (C=O) groups is 1. The zero-order valence-electron chi connectivity index (χ0n) is 12.6. The number of nitro benzene ring substituents is 1. The van der Waals surface area contributed by atoms with Gasteiger partial charge < -0.3 is 4.90 Å². The van der Waals surface area contributed by atoms with Crippen molar-refractivity contribution >= 4 is 27.5 Å². The molecule has 0 N–H and O–H groups in total. The molecule has 0 saturated heterocycles. The molecule has 0 aliphatic rings. The van der Waals surface area contributed by atoms with Crippen LogP contribution in [0.1, 0.15) is 42.6 Å². The number of carbonyl (C=O) groups excluding carboxylic acids is 1. The normalized spacial score (nSPS) is 10.7.